The molecule has 4 heteroatoms. The van der Waals surface area contributed by atoms with Crippen molar-refractivity contribution in [3.63, 3.8) is 0 Å². The predicted molar refractivity (Wildman–Crippen MR) is 66.7 cm³/mol. The van der Waals surface area contributed by atoms with Crippen molar-refractivity contribution in [2.24, 2.45) is 0 Å². The van der Waals surface area contributed by atoms with Gasteiger partial charge in [0.05, 0.1) is 19.7 Å². The van der Waals surface area contributed by atoms with E-state index in [1.165, 1.54) is 0 Å². The van der Waals surface area contributed by atoms with Crippen LogP contribution in [0.5, 0.6) is 11.5 Å². The number of pyridine rings is 1. The Labute approximate surface area is 98.2 Å². The molecule has 0 spiro atoms. The van der Waals surface area contributed by atoms with E-state index in [9.17, 15) is 0 Å². The minimum absolute atomic E-state index is 0.722. The van der Waals surface area contributed by atoms with E-state index in [1.54, 1.807) is 20.4 Å². The summed E-state index contributed by atoms with van der Waals surface area (Å²) in [5.74, 6) is 1.45. The Morgan fingerprint density at radius 3 is 2.53 bits per heavy atom. The molecular weight excluding hydrogens is 216 g/mol. The number of fused-ring (bicyclic) bond motifs is 3. The Hall–Kier alpha value is -2.23. The van der Waals surface area contributed by atoms with Gasteiger partial charge in [-0.1, -0.05) is 0 Å². The van der Waals surface area contributed by atoms with E-state index in [1.807, 2.05) is 24.4 Å². The SMILES string of the molecule is COc1cc2[nH]c3ccncc3c2cc1OC. The van der Waals surface area contributed by atoms with E-state index < -0.39 is 0 Å². The lowest BCUT2D eigenvalue weighted by Crippen LogP contribution is -1.89. The number of hydrogen-bond donors (Lipinski definition) is 1. The first kappa shape index (κ1) is 9.96. The number of ether oxygens (including phenoxy) is 2. The largest absolute Gasteiger partial charge is 0.493 e. The van der Waals surface area contributed by atoms with Crippen LogP contribution in [0.2, 0.25) is 0 Å². The summed E-state index contributed by atoms with van der Waals surface area (Å²) in [6, 6.07) is 5.86. The molecule has 3 aromatic rings. The average molecular weight is 228 g/mol. The van der Waals surface area contributed by atoms with Crippen LogP contribution in [-0.2, 0) is 0 Å². The third-order valence-electron chi connectivity index (χ3n) is 2.90. The molecule has 1 aromatic carbocycles. The number of nitrogens with zero attached hydrogens (tertiary/aromatic N) is 1. The molecule has 0 saturated heterocycles. The number of H-pyrrole nitrogens is 1. The lowest BCUT2D eigenvalue weighted by Gasteiger charge is -2.06. The molecule has 17 heavy (non-hydrogen) atoms. The second-order valence-electron chi connectivity index (χ2n) is 3.80. The number of nitrogens with one attached hydrogen (secondary N) is 1. The van der Waals surface area contributed by atoms with Gasteiger partial charge < -0.3 is 14.5 Å². The van der Waals surface area contributed by atoms with Crippen LogP contribution in [0.4, 0.5) is 0 Å². The van der Waals surface area contributed by atoms with E-state index in [2.05, 4.69) is 9.97 Å². The molecule has 2 aromatic heterocycles. The van der Waals surface area contributed by atoms with Gasteiger partial charge in [0.15, 0.2) is 11.5 Å². The molecule has 3 rings (SSSR count). The zero-order valence-corrected chi connectivity index (χ0v) is 9.65. The minimum atomic E-state index is 0.722. The maximum Gasteiger partial charge on any atom is 0.162 e. The van der Waals surface area contributed by atoms with Gasteiger partial charge in [-0.25, -0.2) is 0 Å². The van der Waals surface area contributed by atoms with Crippen molar-refractivity contribution >= 4 is 21.8 Å². The molecule has 0 aliphatic heterocycles. The molecule has 0 aliphatic rings. The standard InChI is InChI=1S/C13H12N2O2/c1-16-12-5-8-9-7-14-4-3-10(9)15-11(8)6-13(12)17-2/h3-7,15H,1-2H3. The van der Waals surface area contributed by atoms with Crippen molar-refractivity contribution in [3.05, 3.63) is 30.6 Å². The van der Waals surface area contributed by atoms with Gasteiger partial charge in [-0.15, -0.1) is 0 Å². The summed E-state index contributed by atoms with van der Waals surface area (Å²) < 4.78 is 10.6. The molecule has 86 valence electrons. The Bertz CT molecular complexity index is 688. The van der Waals surface area contributed by atoms with Crippen LogP contribution in [0.25, 0.3) is 21.8 Å². The molecule has 2 heterocycles. The van der Waals surface area contributed by atoms with Crippen molar-refractivity contribution in [1.82, 2.24) is 9.97 Å². The third-order valence-corrected chi connectivity index (χ3v) is 2.90. The van der Waals surface area contributed by atoms with Crippen LogP contribution in [0.3, 0.4) is 0 Å². The monoisotopic (exact) mass is 228 g/mol. The second-order valence-corrected chi connectivity index (χ2v) is 3.80. The Morgan fingerprint density at radius 2 is 1.76 bits per heavy atom. The van der Waals surface area contributed by atoms with E-state index >= 15 is 0 Å². The number of methoxy groups -OCH3 is 2. The van der Waals surface area contributed by atoms with Crippen molar-refractivity contribution in [2.75, 3.05) is 14.2 Å². The maximum absolute atomic E-state index is 5.30. The lowest BCUT2D eigenvalue weighted by molar-refractivity contribution is 0.356. The molecular formula is C13H12N2O2. The first-order chi connectivity index (χ1) is 8.33. The van der Waals surface area contributed by atoms with Gasteiger partial charge in [0.25, 0.3) is 0 Å². The van der Waals surface area contributed by atoms with Gasteiger partial charge in [-0.3, -0.25) is 4.98 Å². The average Bonchev–Trinajstić information content (AvgIpc) is 2.74. The highest BCUT2D eigenvalue weighted by molar-refractivity contribution is 6.07. The quantitative estimate of drug-likeness (QED) is 0.733. The number of aromatic amines is 1. The van der Waals surface area contributed by atoms with Gasteiger partial charge in [0.2, 0.25) is 0 Å². The van der Waals surface area contributed by atoms with Crippen LogP contribution in [0.1, 0.15) is 0 Å². The molecule has 4 nitrogen and oxygen atoms in total. The highest BCUT2D eigenvalue weighted by Gasteiger charge is 2.10. The normalized spacial score (nSPS) is 10.9. The first-order valence-corrected chi connectivity index (χ1v) is 5.31. The van der Waals surface area contributed by atoms with Gasteiger partial charge in [0, 0.05) is 34.7 Å². The predicted octanol–water partition coefficient (Wildman–Crippen LogP) is 2.73. The van der Waals surface area contributed by atoms with E-state index in [0.717, 1.165) is 33.3 Å². The molecule has 0 fully saturated rings. The fraction of sp³-hybridized carbons (Fsp3) is 0.154. The number of rotatable bonds is 2. The highest BCUT2D eigenvalue weighted by atomic mass is 16.5. The Kier molecular flexibility index (Phi) is 2.14. The Balaban J connectivity index is 2.41. The van der Waals surface area contributed by atoms with E-state index in [0.29, 0.717) is 0 Å². The molecule has 0 saturated carbocycles. The first-order valence-electron chi connectivity index (χ1n) is 5.31. The van der Waals surface area contributed by atoms with Crippen LogP contribution in [0, 0.1) is 0 Å². The molecule has 0 aliphatic carbocycles. The van der Waals surface area contributed by atoms with Crippen LogP contribution < -0.4 is 9.47 Å². The number of aromatic nitrogens is 2. The summed E-state index contributed by atoms with van der Waals surface area (Å²) in [7, 11) is 3.27. The smallest absolute Gasteiger partial charge is 0.162 e. The van der Waals surface area contributed by atoms with Crippen molar-refractivity contribution in [3.8, 4) is 11.5 Å². The molecule has 0 atom stereocenters. The van der Waals surface area contributed by atoms with Crippen LogP contribution in [-0.4, -0.2) is 24.2 Å². The van der Waals surface area contributed by atoms with Crippen LogP contribution >= 0.6 is 0 Å². The fourth-order valence-electron chi connectivity index (χ4n) is 2.07. The molecule has 0 radical (unpaired) electrons. The summed E-state index contributed by atoms with van der Waals surface area (Å²) in [6.45, 7) is 0. The summed E-state index contributed by atoms with van der Waals surface area (Å²) in [5.41, 5.74) is 2.08. The van der Waals surface area contributed by atoms with Crippen molar-refractivity contribution < 1.29 is 9.47 Å². The molecule has 0 unspecified atom stereocenters. The Morgan fingerprint density at radius 1 is 1.00 bits per heavy atom. The van der Waals surface area contributed by atoms with Gasteiger partial charge in [-0.2, -0.15) is 0 Å². The number of hydrogen-bond acceptors (Lipinski definition) is 3. The maximum atomic E-state index is 5.30. The summed E-state index contributed by atoms with van der Waals surface area (Å²) in [5, 5.41) is 2.18. The zero-order chi connectivity index (χ0) is 11.8. The minimum Gasteiger partial charge on any atom is -0.493 e. The zero-order valence-electron chi connectivity index (χ0n) is 9.65. The molecule has 0 amide bonds. The topological polar surface area (TPSA) is 47.1 Å². The van der Waals surface area contributed by atoms with Crippen molar-refractivity contribution in [2.45, 2.75) is 0 Å². The summed E-state index contributed by atoms with van der Waals surface area (Å²) >= 11 is 0. The van der Waals surface area contributed by atoms with Gasteiger partial charge in [-0.05, 0) is 12.1 Å². The summed E-state index contributed by atoms with van der Waals surface area (Å²) in [4.78, 5) is 7.47. The third kappa shape index (κ3) is 1.41. The van der Waals surface area contributed by atoms with Crippen molar-refractivity contribution in [1.29, 1.82) is 0 Å². The fourth-order valence-corrected chi connectivity index (χ4v) is 2.07. The molecule has 0 bridgehead atoms. The van der Waals surface area contributed by atoms with Gasteiger partial charge >= 0.3 is 0 Å². The second kappa shape index (κ2) is 3.66. The van der Waals surface area contributed by atoms with E-state index in [4.69, 9.17) is 9.47 Å². The van der Waals surface area contributed by atoms with Crippen LogP contribution in [0.15, 0.2) is 30.6 Å². The number of benzene rings is 1. The van der Waals surface area contributed by atoms with E-state index in [-0.39, 0.29) is 0 Å². The lowest BCUT2D eigenvalue weighted by atomic mass is 10.2. The summed E-state index contributed by atoms with van der Waals surface area (Å²) in [6.07, 6.45) is 3.62. The van der Waals surface area contributed by atoms with Gasteiger partial charge in [0.1, 0.15) is 0 Å². The highest BCUT2D eigenvalue weighted by Crippen LogP contribution is 2.35. The molecule has 1 N–H and O–H groups in total.